The molecule has 184 valence electrons. The predicted molar refractivity (Wildman–Crippen MR) is 140 cm³/mol. The zero-order valence-corrected chi connectivity index (χ0v) is 20.5. The van der Waals surface area contributed by atoms with Gasteiger partial charge < -0.3 is 10.1 Å². The van der Waals surface area contributed by atoms with Gasteiger partial charge in [0, 0.05) is 36.6 Å². The summed E-state index contributed by atoms with van der Waals surface area (Å²) in [5.74, 6) is 11.7. The van der Waals surface area contributed by atoms with Crippen LogP contribution in [-0.2, 0) is 11.3 Å². The van der Waals surface area contributed by atoms with Crippen LogP contribution in [0.15, 0.2) is 78.9 Å². The van der Waals surface area contributed by atoms with Crippen molar-refractivity contribution >= 4 is 17.9 Å². The summed E-state index contributed by atoms with van der Waals surface area (Å²) in [6, 6.07) is 23.6. The Kier molecular flexibility index (Phi) is 8.37. The van der Waals surface area contributed by atoms with E-state index in [9.17, 15) is 14.4 Å². The zero-order chi connectivity index (χ0) is 26.0. The first-order valence-corrected chi connectivity index (χ1v) is 12.0. The fraction of sp³-hybridized carbons (Fsp3) is 0.194. The third-order valence-electron chi connectivity index (χ3n) is 5.75. The fourth-order valence-electron chi connectivity index (χ4n) is 3.80. The van der Waals surface area contributed by atoms with Gasteiger partial charge in [0.15, 0.2) is 0 Å². The predicted octanol–water partition coefficient (Wildman–Crippen LogP) is 4.78. The minimum absolute atomic E-state index is 0.231. The van der Waals surface area contributed by atoms with E-state index in [1.807, 2.05) is 61.5 Å². The Morgan fingerprint density at radius 3 is 2.03 bits per heavy atom. The van der Waals surface area contributed by atoms with Crippen LogP contribution in [0.1, 0.15) is 57.2 Å². The first-order chi connectivity index (χ1) is 18.0. The van der Waals surface area contributed by atoms with Crippen molar-refractivity contribution in [2.75, 3.05) is 6.54 Å². The van der Waals surface area contributed by atoms with Gasteiger partial charge in [0.1, 0.15) is 6.61 Å². The largest absolute Gasteiger partial charge is 0.445 e. The van der Waals surface area contributed by atoms with Gasteiger partial charge in [0.2, 0.25) is 0 Å². The third kappa shape index (κ3) is 6.66. The molecule has 0 aliphatic carbocycles. The van der Waals surface area contributed by atoms with E-state index in [2.05, 4.69) is 29.0 Å². The molecule has 1 atom stereocenters. The lowest BCUT2D eigenvalue weighted by atomic mass is 10.1. The van der Waals surface area contributed by atoms with Crippen molar-refractivity contribution in [3.05, 3.63) is 107 Å². The summed E-state index contributed by atoms with van der Waals surface area (Å²) in [6.07, 6.45) is 0.414. The van der Waals surface area contributed by atoms with Crippen molar-refractivity contribution in [3.8, 4) is 23.7 Å². The normalized spacial score (nSPS) is 12.5. The second-order valence-corrected chi connectivity index (χ2v) is 8.50. The smallest absolute Gasteiger partial charge is 0.407 e. The maximum absolute atomic E-state index is 12.6. The number of hydrogen-bond donors (Lipinski definition) is 1. The minimum atomic E-state index is -0.467. The molecule has 0 saturated heterocycles. The van der Waals surface area contributed by atoms with Crippen molar-refractivity contribution < 1.29 is 19.1 Å². The number of nitrogens with zero attached hydrogens (tertiary/aromatic N) is 1. The van der Waals surface area contributed by atoms with Crippen LogP contribution in [0.2, 0.25) is 0 Å². The highest BCUT2D eigenvalue weighted by molar-refractivity contribution is 6.21. The number of fused-ring (bicyclic) bond motifs is 1. The van der Waals surface area contributed by atoms with Gasteiger partial charge in [-0.05, 0) is 48.9 Å². The van der Waals surface area contributed by atoms with Crippen LogP contribution in [0.3, 0.4) is 0 Å². The molecule has 3 aromatic rings. The van der Waals surface area contributed by atoms with E-state index in [-0.39, 0.29) is 24.5 Å². The van der Waals surface area contributed by atoms with Gasteiger partial charge in [0.05, 0.1) is 11.1 Å². The molecular weight excluding hydrogens is 464 g/mol. The highest BCUT2D eigenvalue weighted by Gasteiger charge is 2.37. The summed E-state index contributed by atoms with van der Waals surface area (Å²) in [7, 11) is 0. The molecule has 0 bridgehead atoms. The summed E-state index contributed by atoms with van der Waals surface area (Å²) < 4.78 is 5.16. The number of rotatable bonds is 6. The zero-order valence-electron chi connectivity index (χ0n) is 20.5. The van der Waals surface area contributed by atoms with Crippen molar-refractivity contribution in [2.45, 2.75) is 32.4 Å². The molecule has 0 spiro atoms. The van der Waals surface area contributed by atoms with E-state index in [1.54, 1.807) is 24.3 Å². The lowest BCUT2D eigenvalue weighted by Crippen LogP contribution is -2.37. The topological polar surface area (TPSA) is 75.7 Å². The van der Waals surface area contributed by atoms with E-state index in [0.29, 0.717) is 30.5 Å². The molecule has 3 amide bonds. The molecule has 3 aromatic carbocycles. The average molecular weight is 491 g/mol. The van der Waals surface area contributed by atoms with Gasteiger partial charge >= 0.3 is 6.09 Å². The molecule has 1 N–H and O–H groups in total. The molecule has 0 fully saturated rings. The Labute approximate surface area is 216 Å². The highest BCUT2D eigenvalue weighted by Crippen LogP contribution is 2.25. The van der Waals surface area contributed by atoms with E-state index < -0.39 is 6.09 Å². The summed E-state index contributed by atoms with van der Waals surface area (Å²) in [4.78, 5) is 38.2. The van der Waals surface area contributed by atoms with Gasteiger partial charge in [0.25, 0.3) is 11.8 Å². The summed E-state index contributed by atoms with van der Waals surface area (Å²) in [5.41, 5.74) is 3.49. The van der Waals surface area contributed by atoms with Gasteiger partial charge in [-0.2, -0.15) is 0 Å². The maximum atomic E-state index is 12.6. The number of benzene rings is 3. The Balaban J connectivity index is 1.20. The lowest BCUT2D eigenvalue weighted by molar-refractivity contribution is 0.0599. The van der Waals surface area contributed by atoms with E-state index >= 15 is 0 Å². The van der Waals surface area contributed by atoms with Crippen molar-refractivity contribution in [1.29, 1.82) is 0 Å². The number of nitrogens with one attached hydrogen (secondary N) is 1. The van der Waals surface area contributed by atoms with Gasteiger partial charge in [-0.1, -0.05) is 66.1 Å². The molecule has 6 heteroatoms. The monoisotopic (exact) mass is 490 g/mol. The Morgan fingerprint density at radius 1 is 0.838 bits per heavy atom. The Hall–Kier alpha value is -4.81. The fourth-order valence-corrected chi connectivity index (χ4v) is 3.80. The number of imide groups is 1. The molecule has 0 aromatic heterocycles. The second-order valence-electron chi connectivity index (χ2n) is 8.50. The number of carbonyl (C=O) groups is 3. The van der Waals surface area contributed by atoms with E-state index in [4.69, 9.17) is 4.74 Å². The third-order valence-corrected chi connectivity index (χ3v) is 5.75. The number of ether oxygens (including phenoxy) is 1. The number of hydrogen-bond acceptors (Lipinski definition) is 4. The van der Waals surface area contributed by atoms with Crippen LogP contribution in [0, 0.1) is 23.7 Å². The first kappa shape index (κ1) is 25.3. The molecule has 0 saturated carbocycles. The molecule has 1 heterocycles. The van der Waals surface area contributed by atoms with E-state index in [0.717, 1.165) is 16.7 Å². The second kappa shape index (κ2) is 12.2. The summed E-state index contributed by atoms with van der Waals surface area (Å²) >= 11 is 0. The molecule has 4 rings (SSSR count). The lowest BCUT2D eigenvalue weighted by Gasteiger charge is -2.20. The molecular formula is C31H26N2O4. The summed E-state index contributed by atoms with van der Waals surface area (Å²) in [5, 5.41) is 2.68. The molecule has 1 aliphatic heterocycles. The standard InChI is InChI=1S/C31H26N2O4/c1-23(33-29(34)27-15-5-6-16-28(27)30(33)35)10-9-14-25-19-17-24(18-20-25)11-7-8-21-32-31(36)37-22-26-12-3-2-4-13-26/h2-6,12-13,15-20,23H,8,10,21-22H2,1H3,(H,32,36). The molecule has 0 radical (unpaired) electrons. The minimum Gasteiger partial charge on any atom is -0.445 e. The van der Waals surface area contributed by atoms with Gasteiger partial charge in [-0.25, -0.2) is 4.79 Å². The Bertz CT molecular complexity index is 1370. The first-order valence-electron chi connectivity index (χ1n) is 12.0. The Morgan fingerprint density at radius 2 is 1.41 bits per heavy atom. The van der Waals surface area contributed by atoms with Crippen LogP contribution in [0.5, 0.6) is 0 Å². The van der Waals surface area contributed by atoms with Crippen molar-refractivity contribution in [3.63, 3.8) is 0 Å². The molecule has 6 nitrogen and oxygen atoms in total. The quantitative estimate of drug-likeness (QED) is 0.307. The number of amides is 3. The maximum Gasteiger partial charge on any atom is 0.407 e. The van der Waals surface area contributed by atoms with E-state index in [1.165, 1.54) is 4.90 Å². The van der Waals surface area contributed by atoms with Crippen molar-refractivity contribution in [1.82, 2.24) is 10.2 Å². The molecule has 1 aliphatic rings. The molecule has 1 unspecified atom stereocenters. The number of alkyl carbamates (subject to hydrolysis) is 1. The highest BCUT2D eigenvalue weighted by atomic mass is 16.5. The molecule has 37 heavy (non-hydrogen) atoms. The van der Waals surface area contributed by atoms with Gasteiger partial charge in [-0.15, -0.1) is 0 Å². The van der Waals surface area contributed by atoms with Crippen LogP contribution in [0.4, 0.5) is 4.79 Å². The van der Waals surface area contributed by atoms with Crippen LogP contribution in [-0.4, -0.2) is 35.4 Å². The van der Waals surface area contributed by atoms with Crippen LogP contribution < -0.4 is 5.32 Å². The number of carbonyl (C=O) groups excluding carboxylic acids is 3. The van der Waals surface area contributed by atoms with Crippen molar-refractivity contribution in [2.24, 2.45) is 0 Å². The average Bonchev–Trinajstić information content (AvgIpc) is 3.18. The van der Waals surface area contributed by atoms with Crippen LogP contribution in [0.25, 0.3) is 0 Å². The summed E-state index contributed by atoms with van der Waals surface area (Å²) in [6.45, 7) is 2.46. The van der Waals surface area contributed by atoms with Gasteiger partial charge in [-0.3, -0.25) is 14.5 Å². The van der Waals surface area contributed by atoms with Crippen LogP contribution >= 0.6 is 0 Å². The SMILES string of the molecule is CC(CC#Cc1ccc(C#CCCNC(=O)OCc2ccccc2)cc1)N1C(=O)c2ccccc2C1=O.